The molecule has 1 heterocycles. The zero-order valence-corrected chi connectivity index (χ0v) is 9.01. The minimum Gasteiger partial charge on any atom is -0.276 e. The van der Waals surface area contributed by atoms with Crippen LogP contribution < -0.4 is 0 Å². The van der Waals surface area contributed by atoms with Crippen molar-refractivity contribution in [2.75, 3.05) is 0 Å². The first kappa shape index (κ1) is 11.9. The van der Waals surface area contributed by atoms with E-state index in [0.29, 0.717) is 0 Å². The largest absolute Gasteiger partial charge is 0.418 e. The molecule has 6 heteroatoms. The van der Waals surface area contributed by atoms with Crippen molar-refractivity contribution in [2.24, 2.45) is 0 Å². The molecule has 0 atom stereocenters. The molecule has 0 aliphatic carbocycles. The summed E-state index contributed by atoms with van der Waals surface area (Å²) in [6, 6.07) is 4.93. The van der Waals surface area contributed by atoms with Crippen LogP contribution in [-0.4, -0.2) is 10.2 Å². The molecule has 0 saturated carbocycles. The first-order valence-electron chi connectivity index (χ1n) is 4.55. The molecule has 88 valence electrons. The van der Waals surface area contributed by atoms with Gasteiger partial charge in [0.05, 0.1) is 16.6 Å². The molecule has 0 fully saturated rings. The van der Waals surface area contributed by atoms with Gasteiger partial charge < -0.3 is 0 Å². The molecule has 2 rings (SSSR count). The Morgan fingerprint density at radius 1 is 1.29 bits per heavy atom. The van der Waals surface area contributed by atoms with Gasteiger partial charge in [0.15, 0.2) is 0 Å². The molecule has 0 N–H and O–H groups in total. The SMILES string of the molecule is O=C(Cl)c1cnc2c(C(F)(F)F)cccc2c1. The first-order valence-corrected chi connectivity index (χ1v) is 4.93. The molecule has 1 aromatic heterocycles. The van der Waals surface area contributed by atoms with Crippen LogP contribution in [0.5, 0.6) is 0 Å². The maximum Gasteiger partial charge on any atom is 0.418 e. The van der Waals surface area contributed by atoms with Crippen molar-refractivity contribution in [3.8, 4) is 0 Å². The van der Waals surface area contributed by atoms with Crippen LogP contribution in [0.15, 0.2) is 30.5 Å². The van der Waals surface area contributed by atoms with E-state index in [9.17, 15) is 18.0 Å². The number of para-hydroxylation sites is 1. The van der Waals surface area contributed by atoms with Crippen LogP contribution in [0.4, 0.5) is 13.2 Å². The molecule has 0 bridgehead atoms. The van der Waals surface area contributed by atoms with Gasteiger partial charge in [-0.25, -0.2) is 0 Å². The highest BCUT2D eigenvalue weighted by molar-refractivity contribution is 6.67. The predicted molar refractivity (Wildman–Crippen MR) is 56.9 cm³/mol. The van der Waals surface area contributed by atoms with Crippen molar-refractivity contribution in [3.05, 3.63) is 41.6 Å². The van der Waals surface area contributed by atoms with Gasteiger partial charge in [0.1, 0.15) is 0 Å². The fourth-order valence-electron chi connectivity index (χ4n) is 1.50. The van der Waals surface area contributed by atoms with Crippen molar-refractivity contribution in [2.45, 2.75) is 6.18 Å². The van der Waals surface area contributed by atoms with Crippen molar-refractivity contribution in [1.82, 2.24) is 4.98 Å². The van der Waals surface area contributed by atoms with Gasteiger partial charge in [0.25, 0.3) is 5.24 Å². The number of rotatable bonds is 1. The third-order valence-corrected chi connectivity index (χ3v) is 2.46. The zero-order chi connectivity index (χ0) is 12.6. The van der Waals surface area contributed by atoms with Crippen molar-refractivity contribution >= 4 is 27.7 Å². The summed E-state index contributed by atoms with van der Waals surface area (Å²) < 4.78 is 37.9. The van der Waals surface area contributed by atoms with Crippen LogP contribution in [0.25, 0.3) is 10.9 Å². The number of hydrogen-bond acceptors (Lipinski definition) is 2. The maximum atomic E-state index is 12.6. The number of aromatic nitrogens is 1. The van der Waals surface area contributed by atoms with E-state index in [1.165, 1.54) is 18.2 Å². The zero-order valence-electron chi connectivity index (χ0n) is 8.25. The number of carbonyl (C=O) groups excluding carboxylic acids is 1. The van der Waals surface area contributed by atoms with Gasteiger partial charge in [-0.3, -0.25) is 9.78 Å². The summed E-state index contributed by atoms with van der Waals surface area (Å²) in [5.74, 6) is 0. The minimum absolute atomic E-state index is 0.0680. The van der Waals surface area contributed by atoms with Crippen LogP contribution in [-0.2, 0) is 6.18 Å². The highest BCUT2D eigenvalue weighted by Crippen LogP contribution is 2.33. The molecular formula is C11H5ClF3NO. The third kappa shape index (κ3) is 2.24. The number of hydrogen-bond donors (Lipinski definition) is 0. The highest BCUT2D eigenvalue weighted by Gasteiger charge is 2.33. The molecule has 0 saturated heterocycles. The number of pyridine rings is 1. The smallest absolute Gasteiger partial charge is 0.276 e. The van der Waals surface area contributed by atoms with E-state index in [0.717, 1.165) is 12.3 Å². The van der Waals surface area contributed by atoms with Crippen LogP contribution >= 0.6 is 11.6 Å². The Morgan fingerprint density at radius 2 is 2.00 bits per heavy atom. The van der Waals surface area contributed by atoms with Gasteiger partial charge in [-0.15, -0.1) is 0 Å². The third-order valence-electron chi connectivity index (χ3n) is 2.24. The first-order chi connectivity index (χ1) is 7.89. The summed E-state index contributed by atoms with van der Waals surface area (Å²) in [5.41, 5.74) is -0.955. The Hall–Kier alpha value is -1.62. The Bertz CT molecular complexity index is 595. The Balaban J connectivity index is 2.72. The lowest BCUT2D eigenvalue weighted by Gasteiger charge is -2.09. The van der Waals surface area contributed by atoms with Gasteiger partial charge in [-0.2, -0.15) is 13.2 Å². The van der Waals surface area contributed by atoms with Gasteiger partial charge in [0.2, 0.25) is 0 Å². The number of fused-ring (bicyclic) bond motifs is 1. The normalized spacial score (nSPS) is 11.8. The van der Waals surface area contributed by atoms with E-state index in [1.807, 2.05) is 0 Å². The van der Waals surface area contributed by atoms with Gasteiger partial charge in [-0.1, -0.05) is 12.1 Å². The lowest BCUT2D eigenvalue weighted by molar-refractivity contribution is -0.136. The molecule has 17 heavy (non-hydrogen) atoms. The van der Waals surface area contributed by atoms with Gasteiger partial charge in [-0.05, 0) is 23.7 Å². The van der Waals surface area contributed by atoms with E-state index in [1.54, 1.807) is 0 Å². The van der Waals surface area contributed by atoms with E-state index in [4.69, 9.17) is 11.6 Å². The van der Waals surface area contributed by atoms with Crippen LogP contribution in [0, 0.1) is 0 Å². The standard InChI is InChI=1S/C11H5ClF3NO/c12-10(17)7-4-6-2-1-3-8(11(13,14)15)9(6)16-5-7/h1-5H. The van der Waals surface area contributed by atoms with E-state index >= 15 is 0 Å². The fourth-order valence-corrected chi connectivity index (χ4v) is 1.60. The molecule has 1 aromatic carbocycles. The monoisotopic (exact) mass is 259 g/mol. The van der Waals surface area contributed by atoms with Crippen molar-refractivity contribution in [1.29, 1.82) is 0 Å². The number of benzene rings is 1. The second-order valence-electron chi connectivity index (χ2n) is 3.37. The minimum atomic E-state index is -4.47. The molecule has 2 aromatic rings. The van der Waals surface area contributed by atoms with Gasteiger partial charge >= 0.3 is 6.18 Å². The molecule has 0 aliphatic heterocycles. The molecule has 0 radical (unpaired) electrons. The number of halogens is 4. The quantitative estimate of drug-likeness (QED) is 0.732. The van der Waals surface area contributed by atoms with E-state index in [-0.39, 0.29) is 16.5 Å². The predicted octanol–water partition coefficient (Wildman–Crippen LogP) is 3.63. The Kier molecular flexibility index (Phi) is 2.79. The number of alkyl halides is 3. The van der Waals surface area contributed by atoms with E-state index < -0.39 is 17.0 Å². The fraction of sp³-hybridized carbons (Fsp3) is 0.0909. The van der Waals surface area contributed by atoms with Crippen LogP contribution in [0.1, 0.15) is 15.9 Å². The molecule has 0 unspecified atom stereocenters. The van der Waals surface area contributed by atoms with Crippen molar-refractivity contribution in [3.63, 3.8) is 0 Å². The molecular weight excluding hydrogens is 255 g/mol. The lowest BCUT2D eigenvalue weighted by Crippen LogP contribution is -2.06. The van der Waals surface area contributed by atoms with Gasteiger partial charge in [0, 0.05) is 11.6 Å². The summed E-state index contributed by atoms with van der Waals surface area (Å²) in [5, 5.41) is -0.525. The average molecular weight is 260 g/mol. The second-order valence-corrected chi connectivity index (χ2v) is 3.72. The summed E-state index contributed by atoms with van der Waals surface area (Å²) in [6.45, 7) is 0. The number of carbonyl (C=O) groups is 1. The average Bonchev–Trinajstić information content (AvgIpc) is 2.26. The lowest BCUT2D eigenvalue weighted by atomic mass is 10.1. The second kappa shape index (κ2) is 4.00. The summed E-state index contributed by atoms with van der Waals surface area (Å²) in [4.78, 5) is 14.5. The molecule has 2 nitrogen and oxygen atoms in total. The summed E-state index contributed by atoms with van der Waals surface area (Å²) in [6.07, 6.45) is -3.44. The maximum absolute atomic E-state index is 12.6. The Labute approximate surface area is 99.0 Å². The summed E-state index contributed by atoms with van der Waals surface area (Å²) >= 11 is 5.23. The van der Waals surface area contributed by atoms with Crippen LogP contribution in [0.3, 0.4) is 0 Å². The topological polar surface area (TPSA) is 30.0 Å². The molecule has 0 spiro atoms. The highest BCUT2D eigenvalue weighted by atomic mass is 35.5. The molecule has 0 amide bonds. The number of nitrogens with zero attached hydrogens (tertiary/aromatic N) is 1. The van der Waals surface area contributed by atoms with Crippen LogP contribution in [0.2, 0.25) is 0 Å². The van der Waals surface area contributed by atoms with Crippen molar-refractivity contribution < 1.29 is 18.0 Å². The summed E-state index contributed by atoms with van der Waals surface area (Å²) in [7, 11) is 0. The Morgan fingerprint density at radius 3 is 2.59 bits per heavy atom. The van der Waals surface area contributed by atoms with E-state index in [2.05, 4.69) is 4.98 Å². The molecule has 0 aliphatic rings.